The van der Waals surface area contributed by atoms with Crippen molar-refractivity contribution >= 4 is 11.7 Å². The predicted molar refractivity (Wildman–Crippen MR) is 92.9 cm³/mol. The van der Waals surface area contributed by atoms with Gasteiger partial charge in [-0.3, -0.25) is 9.59 Å². The maximum Gasteiger partial charge on any atom is 0.259 e. The van der Waals surface area contributed by atoms with E-state index in [2.05, 4.69) is 5.32 Å². The molecule has 0 bridgehead atoms. The van der Waals surface area contributed by atoms with Crippen molar-refractivity contribution in [2.75, 3.05) is 0 Å². The molecular weight excluding hydrogens is 322 g/mol. The number of amides is 1. The summed E-state index contributed by atoms with van der Waals surface area (Å²) in [6.07, 6.45) is 0.347. The van der Waals surface area contributed by atoms with E-state index >= 15 is 0 Å². The smallest absolute Gasteiger partial charge is 0.259 e. The van der Waals surface area contributed by atoms with E-state index in [1.807, 2.05) is 13.8 Å². The minimum atomic E-state index is -1.26. The Kier molecular flexibility index (Phi) is 5.85. The van der Waals surface area contributed by atoms with Crippen molar-refractivity contribution in [1.29, 1.82) is 0 Å². The molecule has 1 aliphatic heterocycles. The van der Waals surface area contributed by atoms with E-state index in [-0.39, 0.29) is 23.0 Å². The largest absolute Gasteiger partial charge is 0.511 e. The minimum absolute atomic E-state index is 0.0369. The zero-order chi connectivity index (χ0) is 18.7. The topological polar surface area (TPSA) is 107 Å². The Balaban J connectivity index is 2.23. The van der Waals surface area contributed by atoms with Crippen molar-refractivity contribution < 1.29 is 24.9 Å². The van der Waals surface area contributed by atoms with E-state index < -0.39 is 23.8 Å². The number of aliphatic hydroxyl groups is 2. The third kappa shape index (κ3) is 4.02. The van der Waals surface area contributed by atoms with Crippen molar-refractivity contribution in [2.24, 2.45) is 11.8 Å². The molecule has 0 spiro atoms. The molecule has 0 aliphatic carbocycles. The van der Waals surface area contributed by atoms with Crippen LogP contribution in [0.1, 0.15) is 45.3 Å². The summed E-state index contributed by atoms with van der Waals surface area (Å²) in [7, 11) is 0. The molecule has 1 amide bonds. The summed E-state index contributed by atoms with van der Waals surface area (Å²) in [5, 5.41) is 32.6. The molecule has 4 atom stereocenters. The van der Waals surface area contributed by atoms with Crippen LogP contribution in [0.4, 0.5) is 0 Å². The Bertz CT molecular complexity index is 680. The molecule has 0 aromatic heterocycles. The maximum atomic E-state index is 12.6. The van der Waals surface area contributed by atoms with E-state index in [9.17, 15) is 24.9 Å². The molecule has 1 aromatic rings. The SMILES string of the molecule is CC[C@H](C)C[C@H](C)/C(O)=C1\C(=O)N[C@@H](C(O)c2ccc(O)cc2)C1=O. The molecule has 1 heterocycles. The van der Waals surface area contributed by atoms with Gasteiger partial charge in [-0.05, 0) is 30.0 Å². The quantitative estimate of drug-likeness (QED) is 0.359. The minimum Gasteiger partial charge on any atom is -0.511 e. The van der Waals surface area contributed by atoms with Gasteiger partial charge in [0.05, 0.1) is 0 Å². The highest BCUT2D eigenvalue weighted by Crippen LogP contribution is 2.29. The van der Waals surface area contributed by atoms with Crippen LogP contribution >= 0.6 is 0 Å². The summed E-state index contributed by atoms with van der Waals surface area (Å²) in [6, 6.07) is 4.59. The molecule has 4 N–H and O–H groups in total. The summed E-state index contributed by atoms with van der Waals surface area (Å²) < 4.78 is 0. The molecule has 2 rings (SSSR count). The summed E-state index contributed by atoms with van der Waals surface area (Å²) in [4.78, 5) is 24.8. The first-order valence-corrected chi connectivity index (χ1v) is 8.51. The molecular formula is C19H25NO5. The number of benzene rings is 1. The lowest BCUT2D eigenvalue weighted by atomic mass is 9.90. The molecule has 0 saturated carbocycles. The van der Waals surface area contributed by atoms with E-state index in [4.69, 9.17) is 0 Å². The number of nitrogens with one attached hydrogen (secondary N) is 1. The van der Waals surface area contributed by atoms with Crippen molar-refractivity contribution in [3.63, 3.8) is 0 Å². The second kappa shape index (κ2) is 7.70. The second-order valence-corrected chi connectivity index (χ2v) is 6.76. The monoisotopic (exact) mass is 347 g/mol. The van der Waals surface area contributed by atoms with Gasteiger partial charge in [0, 0.05) is 5.92 Å². The van der Waals surface area contributed by atoms with Crippen molar-refractivity contribution in [2.45, 2.75) is 45.8 Å². The molecule has 6 nitrogen and oxygen atoms in total. The van der Waals surface area contributed by atoms with Gasteiger partial charge in [0.25, 0.3) is 5.91 Å². The number of allylic oxidation sites excluding steroid dienone is 1. The third-order valence-electron chi connectivity index (χ3n) is 4.77. The predicted octanol–water partition coefficient (Wildman–Crippen LogP) is 2.38. The van der Waals surface area contributed by atoms with Gasteiger partial charge < -0.3 is 20.6 Å². The normalized spacial score (nSPS) is 23.1. The number of carbonyl (C=O) groups is 2. The molecule has 6 heteroatoms. The Hall–Kier alpha value is -2.34. The van der Waals surface area contributed by atoms with Crippen LogP contribution in [0.25, 0.3) is 0 Å². The lowest BCUT2D eigenvalue weighted by Gasteiger charge is -2.17. The van der Waals surface area contributed by atoms with Crippen LogP contribution in [-0.4, -0.2) is 33.1 Å². The lowest BCUT2D eigenvalue weighted by Crippen LogP contribution is -2.35. The van der Waals surface area contributed by atoms with Gasteiger partial charge in [0.1, 0.15) is 29.2 Å². The van der Waals surface area contributed by atoms with Crippen LogP contribution in [-0.2, 0) is 9.59 Å². The van der Waals surface area contributed by atoms with Crippen molar-refractivity contribution in [3.8, 4) is 5.75 Å². The molecule has 1 fully saturated rings. The fourth-order valence-electron chi connectivity index (χ4n) is 3.00. The molecule has 136 valence electrons. The van der Waals surface area contributed by atoms with E-state index in [1.54, 1.807) is 6.92 Å². The summed E-state index contributed by atoms with van der Waals surface area (Å²) in [5.74, 6) is -1.42. The van der Waals surface area contributed by atoms with Crippen LogP contribution < -0.4 is 5.32 Å². The van der Waals surface area contributed by atoms with Gasteiger partial charge in [-0.2, -0.15) is 0 Å². The second-order valence-electron chi connectivity index (χ2n) is 6.76. The molecule has 25 heavy (non-hydrogen) atoms. The molecule has 1 saturated heterocycles. The zero-order valence-corrected chi connectivity index (χ0v) is 14.7. The first-order chi connectivity index (χ1) is 11.8. The molecule has 1 aromatic carbocycles. The average Bonchev–Trinajstić information content (AvgIpc) is 2.88. The standard InChI is InChI=1S/C19H25NO5/c1-4-10(2)9-11(3)16(22)14-18(24)15(20-19(14)25)17(23)12-5-7-13(21)8-6-12/h5-8,10-11,15,17,21-23H,4,9H2,1-3H3,(H,20,25)/b16-14+/t10-,11-,15-,17?/m0/s1. The van der Waals surface area contributed by atoms with Gasteiger partial charge in [-0.25, -0.2) is 0 Å². The number of carbonyl (C=O) groups excluding carboxylic acids is 2. The highest BCUT2D eigenvalue weighted by molar-refractivity contribution is 6.27. The number of Topliss-reactive ketones (excluding diaryl/α,β-unsaturated/α-hetero) is 1. The van der Waals surface area contributed by atoms with Crippen LogP contribution in [0.15, 0.2) is 35.6 Å². The number of aromatic hydroxyl groups is 1. The zero-order valence-electron chi connectivity index (χ0n) is 14.7. The number of ketones is 1. The van der Waals surface area contributed by atoms with Gasteiger partial charge in [0.2, 0.25) is 0 Å². The third-order valence-corrected chi connectivity index (χ3v) is 4.77. The number of aliphatic hydroxyl groups excluding tert-OH is 2. The number of phenols is 1. The molecule has 1 unspecified atom stereocenters. The number of hydrogen-bond acceptors (Lipinski definition) is 5. The fourth-order valence-corrected chi connectivity index (χ4v) is 3.00. The Labute approximate surface area is 147 Å². The lowest BCUT2D eigenvalue weighted by molar-refractivity contribution is -0.118. The molecule has 1 aliphatic rings. The van der Waals surface area contributed by atoms with Gasteiger partial charge in [-0.1, -0.05) is 39.3 Å². The highest BCUT2D eigenvalue weighted by Gasteiger charge is 2.43. The average molecular weight is 347 g/mol. The van der Waals surface area contributed by atoms with Crippen molar-refractivity contribution in [3.05, 3.63) is 41.2 Å². The summed E-state index contributed by atoms with van der Waals surface area (Å²) in [6.45, 7) is 5.86. The summed E-state index contributed by atoms with van der Waals surface area (Å²) >= 11 is 0. The van der Waals surface area contributed by atoms with Crippen LogP contribution in [0.5, 0.6) is 5.75 Å². The Morgan fingerprint density at radius 3 is 2.36 bits per heavy atom. The first-order valence-electron chi connectivity index (χ1n) is 8.51. The summed E-state index contributed by atoms with van der Waals surface area (Å²) in [5.41, 5.74) is 0.128. The maximum absolute atomic E-state index is 12.6. The van der Waals surface area contributed by atoms with E-state index in [0.29, 0.717) is 17.9 Å². The highest BCUT2D eigenvalue weighted by atomic mass is 16.3. The van der Waals surface area contributed by atoms with Crippen molar-refractivity contribution in [1.82, 2.24) is 5.32 Å². The van der Waals surface area contributed by atoms with E-state index in [0.717, 1.165) is 6.42 Å². The van der Waals surface area contributed by atoms with E-state index in [1.165, 1.54) is 24.3 Å². The number of rotatable bonds is 6. The fraction of sp³-hybridized carbons (Fsp3) is 0.474. The Morgan fingerprint density at radius 1 is 1.20 bits per heavy atom. The number of phenolic OH excluding ortho intramolecular Hbond substituents is 1. The van der Waals surface area contributed by atoms with Crippen LogP contribution in [0.2, 0.25) is 0 Å². The van der Waals surface area contributed by atoms with Gasteiger partial charge >= 0.3 is 0 Å². The Morgan fingerprint density at radius 2 is 1.80 bits per heavy atom. The van der Waals surface area contributed by atoms with Crippen LogP contribution in [0, 0.1) is 11.8 Å². The van der Waals surface area contributed by atoms with Gasteiger partial charge in [-0.15, -0.1) is 0 Å². The van der Waals surface area contributed by atoms with Gasteiger partial charge in [0.15, 0.2) is 5.78 Å². The number of hydrogen-bond donors (Lipinski definition) is 4. The van der Waals surface area contributed by atoms with Crippen LogP contribution in [0.3, 0.4) is 0 Å². The molecule has 0 radical (unpaired) electrons. The first kappa shape index (κ1) is 19.0.